The third kappa shape index (κ3) is 5.76. The Morgan fingerprint density at radius 3 is 2.66 bits per heavy atom. The molecule has 35 heavy (non-hydrogen) atoms. The van der Waals surface area contributed by atoms with Crippen LogP contribution >= 0.6 is 0 Å². The molecule has 1 aliphatic heterocycles. The second-order valence-corrected chi connectivity index (χ2v) is 9.69. The first kappa shape index (κ1) is 24.6. The van der Waals surface area contributed by atoms with Crippen molar-refractivity contribution in [3.8, 4) is 6.07 Å². The van der Waals surface area contributed by atoms with Gasteiger partial charge in [0.15, 0.2) is 5.88 Å². The van der Waals surface area contributed by atoms with E-state index >= 15 is 0 Å². The zero-order valence-electron chi connectivity index (χ0n) is 20.7. The molecule has 0 radical (unpaired) electrons. The van der Waals surface area contributed by atoms with Gasteiger partial charge in [-0.25, -0.2) is 19.1 Å². The van der Waals surface area contributed by atoms with Crippen molar-refractivity contribution in [2.75, 3.05) is 0 Å². The molecule has 2 heterocycles. The van der Waals surface area contributed by atoms with Crippen LogP contribution < -0.4 is 22.3 Å². The van der Waals surface area contributed by atoms with Crippen molar-refractivity contribution in [2.45, 2.75) is 78.0 Å². The predicted molar refractivity (Wildman–Crippen MR) is 133 cm³/mol. The summed E-state index contributed by atoms with van der Waals surface area (Å²) in [6.07, 6.45) is 14.2. The fraction of sp³-hybridized carbons (Fsp3) is 0.538. The molecule has 3 aliphatic rings. The van der Waals surface area contributed by atoms with Gasteiger partial charge in [-0.2, -0.15) is 5.26 Å². The van der Waals surface area contributed by atoms with E-state index in [1.165, 1.54) is 4.57 Å². The highest BCUT2D eigenvalue weighted by atomic mass is 16.5. The van der Waals surface area contributed by atoms with E-state index in [-0.39, 0.29) is 11.7 Å². The Balaban J connectivity index is 1.57. The molecule has 1 fully saturated rings. The third-order valence-corrected chi connectivity index (χ3v) is 6.98. The maximum Gasteiger partial charge on any atom is 0.334 e. The maximum absolute atomic E-state index is 13.2. The predicted octanol–water partition coefficient (Wildman–Crippen LogP) is 2.60. The molecule has 0 aromatic carbocycles. The summed E-state index contributed by atoms with van der Waals surface area (Å²) in [5, 5.41) is 12.1. The monoisotopic (exact) mass is 478 g/mol. The van der Waals surface area contributed by atoms with Gasteiger partial charge in [-0.05, 0) is 68.7 Å². The number of hydrogen-bond donors (Lipinski definition) is 2. The molecule has 0 saturated heterocycles. The Morgan fingerprint density at radius 2 is 1.97 bits per heavy atom. The van der Waals surface area contributed by atoms with Crippen molar-refractivity contribution < 1.29 is 4.74 Å². The molecule has 0 amide bonds. The first-order valence-electron chi connectivity index (χ1n) is 12.5. The standard InChI is InChI=1S/C26H34N6O3/c1-4-31-25(33)30-24(32(26(31)34)16-19-10-8-17(2)9-11-19)29-20-12-13-22(18(3)14-20)35-23-7-5-6-21(15-27)28-23/h5-7,12-13,17,19-21,28H,4,8-11,14,16H2,1-3H3,(H,29,30,33)/t17-,19-,20?,21?. The summed E-state index contributed by atoms with van der Waals surface area (Å²) in [7, 11) is 0. The highest BCUT2D eigenvalue weighted by Crippen LogP contribution is 2.29. The third-order valence-electron chi connectivity index (χ3n) is 6.98. The zero-order chi connectivity index (χ0) is 24.9. The summed E-state index contributed by atoms with van der Waals surface area (Å²) in [6, 6.07) is 1.49. The van der Waals surface area contributed by atoms with Crippen LogP contribution in [0.2, 0.25) is 0 Å². The van der Waals surface area contributed by atoms with Crippen molar-refractivity contribution in [3.63, 3.8) is 0 Å². The number of rotatable bonds is 6. The lowest BCUT2D eigenvalue weighted by molar-refractivity contribution is 0.255. The van der Waals surface area contributed by atoms with Gasteiger partial charge in [0.1, 0.15) is 11.8 Å². The van der Waals surface area contributed by atoms with Gasteiger partial charge < -0.3 is 10.1 Å². The van der Waals surface area contributed by atoms with Crippen LogP contribution in [0.5, 0.6) is 0 Å². The fourth-order valence-corrected chi connectivity index (χ4v) is 4.82. The van der Waals surface area contributed by atoms with Crippen LogP contribution in [0, 0.1) is 23.2 Å². The second kappa shape index (κ2) is 10.8. The average Bonchev–Trinajstić information content (AvgIpc) is 2.85. The lowest BCUT2D eigenvalue weighted by Crippen LogP contribution is -2.51. The highest BCUT2D eigenvalue weighted by molar-refractivity contribution is 5.30. The molecule has 9 heteroatoms. The van der Waals surface area contributed by atoms with Crippen molar-refractivity contribution in [3.05, 3.63) is 74.2 Å². The van der Waals surface area contributed by atoms with Crippen LogP contribution in [-0.4, -0.2) is 26.2 Å². The number of aromatic amines is 1. The molecule has 1 aromatic heterocycles. The molecule has 2 N–H and O–H groups in total. The quantitative estimate of drug-likeness (QED) is 0.652. The van der Waals surface area contributed by atoms with Crippen LogP contribution in [-0.2, 0) is 17.8 Å². The largest absolute Gasteiger partial charge is 0.441 e. The van der Waals surface area contributed by atoms with Gasteiger partial charge in [0.2, 0.25) is 5.62 Å². The topological polar surface area (TPSA) is 117 Å². The number of allylic oxidation sites excluding steroid dienone is 3. The summed E-state index contributed by atoms with van der Waals surface area (Å²) >= 11 is 0. The Kier molecular flexibility index (Phi) is 7.59. The SMILES string of the molecule is CCn1c(=O)[nH]/c(=N\C2C=CC(OC3=CC=CC(C#N)N3)=C(C)C2)n(C[C@H]2CC[C@H](C)CC2)c1=O. The van der Waals surface area contributed by atoms with Gasteiger partial charge in [-0.3, -0.25) is 9.55 Å². The van der Waals surface area contributed by atoms with Gasteiger partial charge in [0.05, 0.1) is 12.1 Å². The zero-order valence-corrected chi connectivity index (χ0v) is 20.7. The molecule has 186 valence electrons. The second-order valence-electron chi connectivity index (χ2n) is 9.69. The fourth-order valence-electron chi connectivity index (χ4n) is 4.82. The Labute approximate surface area is 204 Å². The molecule has 9 nitrogen and oxygen atoms in total. The highest BCUT2D eigenvalue weighted by Gasteiger charge is 2.22. The molecule has 0 bridgehead atoms. The number of nitrogens with zero attached hydrogens (tertiary/aromatic N) is 4. The van der Waals surface area contributed by atoms with E-state index in [2.05, 4.69) is 23.3 Å². The molecule has 1 saturated carbocycles. The molecule has 4 rings (SSSR count). The van der Waals surface area contributed by atoms with Gasteiger partial charge in [-0.15, -0.1) is 0 Å². The van der Waals surface area contributed by atoms with Gasteiger partial charge in [-0.1, -0.05) is 31.9 Å². The molecule has 1 aromatic rings. The lowest BCUT2D eigenvalue weighted by Gasteiger charge is -2.26. The Morgan fingerprint density at radius 1 is 1.20 bits per heavy atom. The van der Waals surface area contributed by atoms with E-state index in [0.29, 0.717) is 42.7 Å². The van der Waals surface area contributed by atoms with E-state index < -0.39 is 11.7 Å². The summed E-state index contributed by atoms with van der Waals surface area (Å²) in [5.41, 5.74) is 0.578. The minimum atomic E-state index is -0.434. The Hall–Kier alpha value is -3.54. The smallest absolute Gasteiger partial charge is 0.334 e. The Bertz CT molecular complexity index is 1290. The van der Waals surface area contributed by atoms with Crippen molar-refractivity contribution in [1.82, 2.24) is 19.4 Å². The van der Waals surface area contributed by atoms with Gasteiger partial charge in [0.25, 0.3) is 0 Å². The van der Waals surface area contributed by atoms with Crippen LogP contribution in [0.3, 0.4) is 0 Å². The van der Waals surface area contributed by atoms with E-state index in [9.17, 15) is 9.59 Å². The first-order chi connectivity index (χ1) is 16.9. The molecule has 2 atom stereocenters. The first-order valence-corrected chi connectivity index (χ1v) is 12.5. The molecule has 2 aliphatic carbocycles. The van der Waals surface area contributed by atoms with Crippen molar-refractivity contribution >= 4 is 0 Å². The summed E-state index contributed by atoms with van der Waals surface area (Å²) in [4.78, 5) is 33.4. The number of nitrogens with one attached hydrogen (secondary N) is 2. The van der Waals surface area contributed by atoms with E-state index in [1.54, 1.807) is 29.7 Å². The molecule has 2 unspecified atom stereocenters. The number of ether oxygens (including phenoxy) is 1. The van der Waals surface area contributed by atoms with E-state index in [1.807, 2.05) is 19.1 Å². The molecular weight excluding hydrogens is 444 g/mol. The van der Waals surface area contributed by atoms with Crippen LogP contribution in [0.1, 0.15) is 52.9 Å². The number of dihydropyridines is 1. The lowest BCUT2D eigenvalue weighted by atomic mass is 9.83. The number of aromatic nitrogens is 3. The van der Waals surface area contributed by atoms with E-state index in [0.717, 1.165) is 37.2 Å². The van der Waals surface area contributed by atoms with Gasteiger partial charge >= 0.3 is 11.4 Å². The maximum atomic E-state index is 13.2. The molecule has 0 spiro atoms. The van der Waals surface area contributed by atoms with Crippen LogP contribution in [0.4, 0.5) is 0 Å². The number of hydrogen-bond acceptors (Lipinski definition) is 6. The normalized spacial score (nSPS) is 26.8. The minimum Gasteiger partial charge on any atom is -0.441 e. The summed E-state index contributed by atoms with van der Waals surface area (Å²) < 4.78 is 8.84. The van der Waals surface area contributed by atoms with Crippen LogP contribution in [0.15, 0.2) is 62.2 Å². The summed E-state index contributed by atoms with van der Waals surface area (Å²) in [5.74, 6) is 2.34. The van der Waals surface area contributed by atoms with Crippen molar-refractivity contribution in [2.24, 2.45) is 16.8 Å². The summed E-state index contributed by atoms with van der Waals surface area (Å²) in [6.45, 7) is 6.92. The van der Waals surface area contributed by atoms with E-state index in [4.69, 9.17) is 15.0 Å². The minimum absolute atomic E-state index is 0.229. The average molecular weight is 479 g/mol. The number of nitriles is 1. The molecular formula is C26H34N6O3. The van der Waals surface area contributed by atoms with Crippen molar-refractivity contribution in [1.29, 1.82) is 5.26 Å². The number of H-pyrrole nitrogens is 1. The van der Waals surface area contributed by atoms with Gasteiger partial charge in [0, 0.05) is 13.1 Å². The van der Waals surface area contributed by atoms with Crippen LogP contribution in [0.25, 0.3) is 0 Å².